The molecule has 29 heavy (non-hydrogen) atoms. The molecule has 0 aromatic heterocycles. The highest BCUT2D eigenvalue weighted by Gasteiger charge is 2.58. The van der Waals surface area contributed by atoms with E-state index in [0.717, 1.165) is 0 Å². The summed E-state index contributed by atoms with van der Waals surface area (Å²) in [6, 6.07) is 11.0. The maximum atomic E-state index is 11.7. The number of carbonyl (C=O) groups is 2. The van der Waals surface area contributed by atoms with Crippen LogP contribution in [0.4, 0.5) is 5.69 Å². The molecule has 1 aromatic rings. The van der Waals surface area contributed by atoms with Crippen LogP contribution >= 0.6 is 0 Å². The fraction of sp³-hybridized carbons (Fsp3) is 0.550. The molecular formula is C20H24N2O7. The minimum Gasteiger partial charge on any atom is -0.463 e. The first kappa shape index (κ1) is 21.1. The van der Waals surface area contributed by atoms with Gasteiger partial charge < -0.3 is 23.7 Å². The van der Waals surface area contributed by atoms with Crippen LogP contribution in [0.25, 0.3) is 0 Å². The second-order valence-corrected chi connectivity index (χ2v) is 7.19. The second-order valence-electron chi connectivity index (χ2n) is 7.19. The highest BCUT2D eigenvalue weighted by molar-refractivity contribution is 5.66. The standard InChI is InChI=1S/C20H24N2O7/c1-12(23)25-10-15(22-11-21-14-8-6-5-7-9-14)16-17(26-13(2)24)18-19(27-16)29-20(3,4)28-18/h5-9,15-19H,10H2,1-4H3/t15-,16-,17-,18+,19+/m0/s1. The highest BCUT2D eigenvalue weighted by atomic mass is 16.8. The third-order valence-corrected chi connectivity index (χ3v) is 4.32. The fourth-order valence-electron chi connectivity index (χ4n) is 3.21. The molecule has 0 bridgehead atoms. The van der Waals surface area contributed by atoms with E-state index >= 15 is 0 Å². The van der Waals surface area contributed by atoms with Crippen LogP contribution in [0.15, 0.2) is 40.3 Å². The molecule has 0 N–H and O–H groups in total. The summed E-state index contributed by atoms with van der Waals surface area (Å²) >= 11 is 0. The van der Waals surface area contributed by atoms with Gasteiger partial charge in [-0.1, -0.05) is 18.2 Å². The SMILES string of the molecule is CC(=O)OC[C@H](N=C=Nc1ccccc1)[C@@H]1O[C@@H]2OC(C)(C)O[C@@H]2[C@H]1OC(C)=O. The van der Waals surface area contributed by atoms with Gasteiger partial charge in [0.2, 0.25) is 0 Å². The molecule has 2 fully saturated rings. The van der Waals surface area contributed by atoms with Crippen molar-refractivity contribution in [3.8, 4) is 0 Å². The Kier molecular flexibility index (Phi) is 6.44. The number of rotatable bonds is 6. The van der Waals surface area contributed by atoms with Crippen LogP contribution < -0.4 is 0 Å². The van der Waals surface area contributed by atoms with Gasteiger partial charge in [-0.3, -0.25) is 9.59 Å². The summed E-state index contributed by atoms with van der Waals surface area (Å²) in [5.74, 6) is -1.84. The van der Waals surface area contributed by atoms with Gasteiger partial charge in [-0.2, -0.15) is 4.99 Å². The summed E-state index contributed by atoms with van der Waals surface area (Å²) in [6.45, 7) is 5.98. The molecule has 0 radical (unpaired) electrons. The van der Waals surface area contributed by atoms with Gasteiger partial charge in [0.15, 0.2) is 24.3 Å². The molecule has 2 aliphatic rings. The average molecular weight is 404 g/mol. The lowest BCUT2D eigenvalue weighted by Crippen LogP contribution is -2.44. The molecule has 2 heterocycles. The lowest BCUT2D eigenvalue weighted by Gasteiger charge is -2.28. The molecule has 9 heteroatoms. The van der Waals surface area contributed by atoms with E-state index in [4.69, 9.17) is 23.7 Å². The van der Waals surface area contributed by atoms with E-state index in [9.17, 15) is 9.59 Å². The molecule has 0 aliphatic carbocycles. The van der Waals surface area contributed by atoms with Crippen molar-refractivity contribution in [2.24, 2.45) is 9.98 Å². The molecule has 3 rings (SSSR count). The molecule has 5 atom stereocenters. The van der Waals surface area contributed by atoms with Crippen LogP contribution in [0.2, 0.25) is 0 Å². The van der Waals surface area contributed by atoms with Crippen LogP contribution in [0.5, 0.6) is 0 Å². The number of carbonyl (C=O) groups excluding carboxylic acids is 2. The average Bonchev–Trinajstić information content (AvgIpc) is 3.11. The van der Waals surface area contributed by atoms with E-state index in [-0.39, 0.29) is 6.61 Å². The number of hydrogen-bond donors (Lipinski definition) is 0. The van der Waals surface area contributed by atoms with Crippen LogP contribution in [0.1, 0.15) is 27.7 Å². The molecule has 0 amide bonds. The van der Waals surface area contributed by atoms with Crippen LogP contribution in [-0.4, -0.2) is 61.0 Å². The molecular weight excluding hydrogens is 380 g/mol. The van der Waals surface area contributed by atoms with Gasteiger partial charge in [0, 0.05) is 13.8 Å². The van der Waals surface area contributed by atoms with Gasteiger partial charge in [0.05, 0.1) is 11.7 Å². The Morgan fingerprint density at radius 1 is 1.17 bits per heavy atom. The normalized spacial score (nSPS) is 28.0. The van der Waals surface area contributed by atoms with Gasteiger partial charge in [-0.25, -0.2) is 4.99 Å². The summed E-state index contributed by atoms with van der Waals surface area (Å²) in [7, 11) is 0. The van der Waals surface area contributed by atoms with Crippen LogP contribution in [0.3, 0.4) is 0 Å². The highest BCUT2D eigenvalue weighted by Crippen LogP contribution is 2.40. The molecule has 0 spiro atoms. The van der Waals surface area contributed by atoms with Crippen molar-refractivity contribution in [1.29, 1.82) is 0 Å². The van der Waals surface area contributed by atoms with E-state index in [1.807, 2.05) is 18.2 Å². The monoisotopic (exact) mass is 404 g/mol. The molecule has 9 nitrogen and oxygen atoms in total. The molecule has 1 aromatic carbocycles. The summed E-state index contributed by atoms with van der Waals surface area (Å²) in [4.78, 5) is 31.4. The fourth-order valence-corrected chi connectivity index (χ4v) is 3.21. The van der Waals surface area contributed by atoms with Crippen molar-refractivity contribution in [2.75, 3.05) is 6.61 Å². The number of benzene rings is 1. The summed E-state index contributed by atoms with van der Waals surface area (Å²) in [5, 5.41) is 0. The molecule has 0 saturated carbocycles. The maximum Gasteiger partial charge on any atom is 0.303 e. The largest absolute Gasteiger partial charge is 0.463 e. The van der Waals surface area contributed by atoms with E-state index in [2.05, 4.69) is 16.0 Å². The lowest BCUT2D eigenvalue weighted by molar-refractivity contribution is -0.221. The number of hydrogen-bond acceptors (Lipinski definition) is 9. The van der Waals surface area contributed by atoms with Crippen molar-refractivity contribution < 1.29 is 33.3 Å². The van der Waals surface area contributed by atoms with Crippen molar-refractivity contribution >= 4 is 23.6 Å². The molecule has 156 valence electrons. The predicted octanol–water partition coefficient (Wildman–Crippen LogP) is 2.23. The van der Waals surface area contributed by atoms with Gasteiger partial charge in [-0.05, 0) is 26.0 Å². The summed E-state index contributed by atoms with van der Waals surface area (Å²) in [6.07, 6.45) is -2.91. The molecule has 0 unspecified atom stereocenters. The summed E-state index contributed by atoms with van der Waals surface area (Å²) < 4.78 is 28.1. The van der Waals surface area contributed by atoms with Crippen molar-refractivity contribution in [1.82, 2.24) is 0 Å². The third-order valence-electron chi connectivity index (χ3n) is 4.32. The number of ether oxygens (including phenoxy) is 5. The number of nitrogens with zero attached hydrogens (tertiary/aromatic N) is 2. The predicted molar refractivity (Wildman–Crippen MR) is 101 cm³/mol. The quantitative estimate of drug-likeness (QED) is 0.529. The zero-order valence-electron chi connectivity index (χ0n) is 16.7. The van der Waals surface area contributed by atoms with Crippen molar-refractivity contribution in [2.45, 2.75) is 64.1 Å². The minimum absolute atomic E-state index is 0.0993. The minimum atomic E-state index is -0.873. The second kappa shape index (κ2) is 8.84. The molecule has 2 saturated heterocycles. The Hall–Kier alpha value is -2.58. The van der Waals surface area contributed by atoms with Crippen LogP contribution in [0, 0.1) is 0 Å². The van der Waals surface area contributed by atoms with Crippen molar-refractivity contribution in [3.05, 3.63) is 30.3 Å². The lowest BCUT2D eigenvalue weighted by atomic mass is 10.0. The Morgan fingerprint density at radius 2 is 1.90 bits per heavy atom. The van der Waals surface area contributed by atoms with E-state index in [1.54, 1.807) is 26.0 Å². The smallest absolute Gasteiger partial charge is 0.303 e. The number of para-hydroxylation sites is 1. The van der Waals surface area contributed by atoms with E-state index in [1.165, 1.54) is 13.8 Å². The van der Waals surface area contributed by atoms with Crippen molar-refractivity contribution in [3.63, 3.8) is 0 Å². The first-order valence-electron chi connectivity index (χ1n) is 9.27. The first-order chi connectivity index (χ1) is 13.7. The Morgan fingerprint density at radius 3 is 2.55 bits per heavy atom. The zero-order chi connectivity index (χ0) is 21.0. The van der Waals surface area contributed by atoms with Gasteiger partial charge in [-0.15, -0.1) is 0 Å². The van der Waals surface area contributed by atoms with Crippen LogP contribution in [-0.2, 0) is 33.3 Å². The van der Waals surface area contributed by atoms with E-state index < -0.39 is 48.4 Å². The van der Waals surface area contributed by atoms with Gasteiger partial charge in [0.1, 0.15) is 18.8 Å². The maximum absolute atomic E-state index is 11.7. The first-order valence-corrected chi connectivity index (χ1v) is 9.27. The number of fused-ring (bicyclic) bond motifs is 1. The number of esters is 2. The third kappa shape index (κ3) is 5.48. The number of aliphatic imine (C=N–C) groups is 2. The summed E-state index contributed by atoms with van der Waals surface area (Å²) in [5.41, 5.74) is 0.664. The molecule has 2 aliphatic heterocycles. The Labute approximate surface area is 168 Å². The zero-order valence-corrected chi connectivity index (χ0v) is 16.7. The van der Waals surface area contributed by atoms with Gasteiger partial charge >= 0.3 is 11.9 Å². The Balaban J connectivity index is 1.84. The van der Waals surface area contributed by atoms with Gasteiger partial charge in [0.25, 0.3) is 0 Å². The van der Waals surface area contributed by atoms with E-state index in [0.29, 0.717) is 5.69 Å². The topological polar surface area (TPSA) is 105 Å². The Bertz CT molecular complexity index is 804.